The minimum absolute atomic E-state index is 0.0391. The molecule has 0 bridgehead atoms. The van der Waals surface area contributed by atoms with Gasteiger partial charge in [-0.15, -0.1) is 0 Å². The molecule has 7 nitrogen and oxygen atoms in total. The fourth-order valence-electron chi connectivity index (χ4n) is 4.76. The predicted molar refractivity (Wildman–Crippen MR) is 135 cm³/mol. The molecule has 5 rings (SSSR count). The minimum Gasteiger partial charge on any atom is -0.409 e. The van der Waals surface area contributed by atoms with E-state index in [9.17, 15) is 4.79 Å². The molecule has 0 aliphatic carbocycles. The summed E-state index contributed by atoms with van der Waals surface area (Å²) in [6.07, 6.45) is 2.15. The maximum absolute atomic E-state index is 13.3. The Labute approximate surface area is 198 Å². The molecule has 0 atom stereocenters. The van der Waals surface area contributed by atoms with Gasteiger partial charge in [0.05, 0.1) is 0 Å². The number of amidine groups is 1. The Hall–Kier alpha value is -3.84. The quantitative estimate of drug-likeness (QED) is 0.154. The van der Waals surface area contributed by atoms with Crippen molar-refractivity contribution in [2.24, 2.45) is 16.8 Å². The lowest BCUT2D eigenvalue weighted by Crippen LogP contribution is -2.36. The number of benzene rings is 3. The van der Waals surface area contributed by atoms with E-state index in [-0.39, 0.29) is 11.7 Å². The number of amides is 1. The van der Waals surface area contributed by atoms with Gasteiger partial charge in [-0.05, 0) is 66.4 Å². The number of hydrogen-bond acceptors (Lipinski definition) is 4. The second kappa shape index (κ2) is 9.57. The van der Waals surface area contributed by atoms with Crippen molar-refractivity contribution in [1.29, 1.82) is 0 Å². The van der Waals surface area contributed by atoms with Crippen molar-refractivity contribution in [3.8, 4) is 0 Å². The zero-order chi connectivity index (χ0) is 23.5. The number of nitrogens with zero attached hydrogens (tertiary/aromatic N) is 2. The highest BCUT2D eigenvalue weighted by atomic mass is 16.4. The molecule has 5 N–H and O–H groups in total. The zero-order valence-corrected chi connectivity index (χ0v) is 19.0. The molecule has 2 heterocycles. The Morgan fingerprint density at radius 3 is 2.59 bits per heavy atom. The molecule has 1 aromatic heterocycles. The lowest BCUT2D eigenvalue weighted by atomic mass is 9.98. The van der Waals surface area contributed by atoms with Gasteiger partial charge in [-0.2, -0.15) is 0 Å². The molecule has 0 saturated carbocycles. The molecule has 1 aliphatic heterocycles. The highest BCUT2D eigenvalue weighted by molar-refractivity contribution is 6.03. The van der Waals surface area contributed by atoms with Crippen LogP contribution in [0.15, 0.2) is 71.9 Å². The van der Waals surface area contributed by atoms with Gasteiger partial charge in [0, 0.05) is 29.6 Å². The first kappa shape index (κ1) is 22.0. The summed E-state index contributed by atoms with van der Waals surface area (Å²) in [5.41, 5.74) is 9.03. The second-order valence-electron chi connectivity index (χ2n) is 8.96. The Balaban J connectivity index is 1.51. The number of hydrogen-bond donors (Lipinski definition) is 4. The summed E-state index contributed by atoms with van der Waals surface area (Å²) in [6.45, 7) is 3.20. The molecule has 1 aliphatic rings. The highest BCUT2D eigenvalue weighted by Gasteiger charge is 2.19. The van der Waals surface area contributed by atoms with Gasteiger partial charge < -0.3 is 26.1 Å². The molecule has 0 unspecified atom stereocenters. The normalized spacial score (nSPS) is 15.1. The van der Waals surface area contributed by atoms with E-state index in [1.807, 2.05) is 34.9 Å². The Bertz CT molecular complexity index is 1370. The number of nitrogens with one attached hydrogen (secondary N) is 2. The lowest BCUT2D eigenvalue weighted by Gasteiger charge is -2.23. The predicted octanol–water partition coefficient (Wildman–Crippen LogP) is 3.67. The zero-order valence-electron chi connectivity index (χ0n) is 19.0. The molecule has 1 saturated heterocycles. The SMILES string of the molecule is N/C(=N/O)c1ccc2cc(C(=O)NCC3CCNCC3)n(Cc3ccc4ccccc4c3)c2c1. The summed E-state index contributed by atoms with van der Waals surface area (Å²) in [4.78, 5) is 13.3. The molecule has 0 spiro atoms. The van der Waals surface area contributed by atoms with Crippen molar-refractivity contribution >= 4 is 33.4 Å². The summed E-state index contributed by atoms with van der Waals surface area (Å²) >= 11 is 0. The fraction of sp³-hybridized carbons (Fsp3) is 0.259. The molecular weight excluding hydrogens is 426 g/mol. The van der Waals surface area contributed by atoms with E-state index < -0.39 is 0 Å². The monoisotopic (exact) mass is 455 g/mol. The van der Waals surface area contributed by atoms with Crippen LogP contribution >= 0.6 is 0 Å². The molecule has 0 radical (unpaired) electrons. The van der Waals surface area contributed by atoms with E-state index in [0.717, 1.165) is 47.8 Å². The van der Waals surface area contributed by atoms with Crippen LogP contribution in [-0.2, 0) is 6.54 Å². The van der Waals surface area contributed by atoms with Crippen molar-refractivity contribution < 1.29 is 10.0 Å². The summed E-state index contributed by atoms with van der Waals surface area (Å²) in [5, 5.41) is 22.1. The lowest BCUT2D eigenvalue weighted by molar-refractivity contribution is 0.0936. The average Bonchev–Trinajstić information content (AvgIpc) is 3.25. The number of nitrogens with two attached hydrogens (primary N) is 1. The van der Waals surface area contributed by atoms with E-state index >= 15 is 0 Å². The van der Waals surface area contributed by atoms with E-state index in [4.69, 9.17) is 10.9 Å². The molecular formula is C27H29N5O2. The van der Waals surface area contributed by atoms with Crippen LogP contribution < -0.4 is 16.4 Å². The van der Waals surface area contributed by atoms with Crippen molar-refractivity contribution in [3.63, 3.8) is 0 Å². The van der Waals surface area contributed by atoms with Crippen LogP contribution in [0.2, 0.25) is 0 Å². The third-order valence-electron chi connectivity index (χ3n) is 6.70. The highest BCUT2D eigenvalue weighted by Crippen LogP contribution is 2.25. The van der Waals surface area contributed by atoms with Crippen LogP contribution in [0.5, 0.6) is 0 Å². The van der Waals surface area contributed by atoms with E-state index in [0.29, 0.717) is 30.3 Å². The van der Waals surface area contributed by atoms with Crippen molar-refractivity contribution in [3.05, 3.63) is 83.6 Å². The topological polar surface area (TPSA) is 105 Å². The van der Waals surface area contributed by atoms with Gasteiger partial charge in [0.25, 0.3) is 5.91 Å². The van der Waals surface area contributed by atoms with Crippen molar-refractivity contribution in [1.82, 2.24) is 15.2 Å². The number of fused-ring (bicyclic) bond motifs is 2. The Kier molecular flexibility index (Phi) is 6.18. The first-order valence-corrected chi connectivity index (χ1v) is 11.7. The van der Waals surface area contributed by atoms with Gasteiger partial charge in [-0.3, -0.25) is 4.79 Å². The van der Waals surface area contributed by atoms with Gasteiger partial charge in [0.1, 0.15) is 5.69 Å². The van der Waals surface area contributed by atoms with Crippen LogP contribution in [0.3, 0.4) is 0 Å². The third kappa shape index (κ3) is 4.47. The first-order chi connectivity index (χ1) is 16.6. The number of carbonyl (C=O) groups is 1. The molecule has 7 heteroatoms. The second-order valence-corrected chi connectivity index (χ2v) is 8.96. The van der Waals surface area contributed by atoms with Gasteiger partial charge in [-0.25, -0.2) is 0 Å². The van der Waals surface area contributed by atoms with E-state index in [2.05, 4.69) is 46.1 Å². The van der Waals surface area contributed by atoms with Crippen molar-refractivity contribution in [2.45, 2.75) is 19.4 Å². The van der Waals surface area contributed by atoms with Gasteiger partial charge >= 0.3 is 0 Å². The molecule has 174 valence electrons. The van der Waals surface area contributed by atoms with Gasteiger partial charge in [-0.1, -0.05) is 53.7 Å². The molecule has 4 aromatic rings. The largest absolute Gasteiger partial charge is 0.409 e. The third-order valence-corrected chi connectivity index (χ3v) is 6.70. The average molecular weight is 456 g/mol. The van der Waals surface area contributed by atoms with Gasteiger partial charge in [0.2, 0.25) is 0 Å². The number of aromatic nitrogens is 1. The summed E-state index contributed by atoms with van der Waals surface area (Å²) in [6, 6.07) is 22.1. The van der Waals surface area contributed by atoms with Crippen LogP contribution in [0.1, 0.15) is 34.5 Å². The number of rotatable bonds is 6. The molecule has 34 heavy (non-hydrogen) atoms. The summed E-state index contributed by atoms with van der Waals surface area (Å²) < 4.78 is 2.02. The van der Waals surface area contributed by atoms with Gasteiger partial charge in [0.15, 0.2) is 5.84 Å². The molecule has 1 amide bonds. The van der Waals surface area contributed by atoms with Crippen LogP contribution in [0, 0.1) is 5.92 Å². The first-order valence-electron chi connectivity index (χ1n) is 11.7. The maximum atomic E-state index is 13.3. The standard InChI is InChI=1S/C27H29N5O2/c28-26(31-34)23-8-7-22-14-25(27(33)30-16-18-9-11-29-12-10-18)32(24(22)15-23)17-19-5-6-20-3-1-2-4-21(20)13-19/h1-8,13-15,18,29,34H,9-12,16-17H2,(H2,28,31)(H,30,33). The smallest absolute Gasteiger partial charge is 0.267 e. The molecule has 1 fully saturated rings. The number of oxime groups is 1. The van der Waals surface area contributed by atoms with E-state index in [1.165, 1.54) is 5.39 Å². The molecule has 3 aromatic carbocycles. The Morgan fingerprint density at radius 1 is 1.03 bits per heavy atom. The number of piperidine rings is 1. The van der Waals surface area contributed by atoms with E-state index in [1.54, 1.807) is 6.07 Å². The minimum atomic E-state index is -0.0825. The fourth-order valence-corrected chi connectivity index (χ4v) is 4.76. The summed E-state index contributed by atoms with van der Waals surface area (Å²) in [5.74, 6) is 0.453. The maximum Gasteiger partial charge on any atom is 0.267 e. The van der Waals surface area contributed by atoms with Crippen LogP contribution in [0.4, 0.5) is 0 Å². The van der Waals surface area contributed by atoms with Crippen LogP contribution in [-0.4, -0.2) is 41.2 Å². The summed E-state index contributed by atoms with van der Waals surface area (Å²) in [7, 11) is 0. The van der Waals surface area contributed by atoms with Crippen molar-refractivity contribution in [2.75, 3.05) is 19.6 Å². The van der Waals surface area contributed by atoms with Crippen LogP contribution in [0.25, 0.3) is 21.7 Å². The Morgan fingerprint density at radius 2 is 1.79 bits per heavy atom. The number of carbonyl (C=O) groups excluding carboxylic acids is 1.